The van der Waals surface area contributed by atoms with E-state index in [0.717, 1.165) is 6.42 Å². The molecule has 1 saturated heterocycles. The first-order valence-electron chi connectivity index (χ1n) is 8.80. The van der Waals surface area contributed by atoms with Crippen molar-refractivity contribution in [2.75, 3.05) is 33.2 Å². The van der Waals surface area contributed by atoms with Crippen molar-refractivity contribution in [1.29, 1.82) is 0 Å². The lowest BCUT2D eigenvalue weighted by molar-refractivity contribution is -0.120. The van der Waals surface area contributed by atoms with Gasteiger partial charge in [0, 0.05) is 24.4 Å². The van der Waals surface area contributed by atoms with Crippen molar-refractivity contribution in [1.82, 2.24) is 4.90 Å². The van der Waals surface area contributed by atoms with Crippen molar-refractivity contribution < 1.29 is 28.5 Å². The molecule has 0 spiro atoms. The van der Waals surface area contributed by atoms with Crippen molar-refractivity contribution in [3.63, 3.8) is 0 Å². The van der Waals surface area contributed by atoms with Gasteiger partial charge in [-0.05, 0) is 33.6 Å². The molecule has 150 valence electrons. The molecule has 0 aliphatic carbocycles. The topological polar surface area (TPSA) is 86.3 Å². The molecule has 8 heteroatoms. The average Bonchev–Trinajstić information content (AvgIpc) is 3.09. The van der Waals surface area contributed by atoms with Gasteiger partial charge in [0.1, 0.15) is 11.6 Å². The summed E-state index contributed by atoms with van der Waals surface area (Å²) in [5, 5.41) is 2.83. The second-order valence-corrected chi connectivity index (χ2v) is 7.24. The molecule has 0 bridgehead atoms. The number of methoxy groups -OCH3 is 3. The molecule has 8 nitrogen and oxygen atoms in total. The summed E-state index contributed by atoms with van der Waals surface area (Å²) in [6.45, 7) is 5.88. The van der Waals surface area contributed by atoms with Gasteiger partial charge < -0.3 is 24.3 Å². The molecule has 1 atom stereocenters. The van der Waals surface area contributed by atoms with E-state index in [4.69, 9.17) is 18.9 Å². The van der Waals surface area contributed by atoms with Gasteiger partial charge in [0.15, 0.2) is 11.5 Å². The van der Waals surface area contributed by atoms with Crippen LogP contribution in [0.3, 0.4) is 0 Å². The fraction of sp³-hybridized carbons (Fsp3) is 0.579. The minimum absolute atomic E-state index is 0.285. The van der Waals surface area contributed by atoms with E-state index < -0.39 is 17.7 Å². The molecular weight excluding hydrogens is 352 g/mol. The Morgan fingerprint density at radius 2 is 1.67 bits per heavy atom. The van der Waals surface area contributed by atoms with Gasteiger partial charge in [-0.15, -0.1) is 0 Å². The van der Waals surface area contributed by atoms with Crippen LogP contribution in [0.25, 0.3) is 0 Å². The van der Waals surface area contributed by atoms with Gasteiger partial charge in [-0.25, -0.2) is 4.79 Å². The van der Waals surface area contributed by atoms with Gasteiger partial charge in [0.05, 0.1) is 21.3 Å². The van der Waals surface area contributed by atoms with Gasteiger partial charge in [-0.2, -0.15) is 0 Å². The van der Waals surface area contributed by atoms with Crippen molar-refractivity contribution >= 4 is 17.7 Å². The number of rotatable bonds is 5. The first-order valence-corrected chi connectivity index (χ1v) is 8.80. The fourth-order valence-corrected chi connectivity index (χ4v) is 2.96. The Bertz CT molecular complexity index is 673. The molecule has 1 fully saturated rings. The lowest BCUT2D eigenvalue weighted by atomic mass is 10.2. The van der Waals surface area contributed by atoms with E-state index in [1.165, 1.54) is 26.2 Å². The molecule has 1 aromatic rings. The number of ether oxygens (including phenoxy) is 4. The molecule has 1 unspecified atom stereocenters. The Balaban J connectivity index is 2.17. The van der Waals surface area contributed by atoms with Gasteiger partial charge >= 0.3 is 6.09 Å². The average molecular weight is 380 g/mol. The van der Waals surface area contributed by atoms with Crippen molar-refractivity contribution in [3.8, 4) is 17.2 Å². The lowest BCUT2D eigenvalue weighted by Gasteiger charge is -2.28. The Labute approximate surface area is 159 Å². The Hall–Kier alpha value is -2.64. The molecule has 1 N–H and O–H groups in total. The van der Waals surface area contributed by atoms with Crippen LogP contribution in [-0.2, 0) is 9.53 Å². The van der Waals surface area contributed by atoms with Crippen LogP contribution >= 0.6 is 0 Å². The van der Waals surface area contributed by atoms with Crippen LogP contribution in [-0.4, -0.2) is 56.4 Å². The van der Waals surface area contributed by atoms with Gasteiger partial charge in [-0.3, -0.25) is 9.69 Å². The number of likely N-dealkylation sites (tertiary alicyclic amines) is 1. The molecule has 2 rings (SSSR count). The second-order valence-electron chi connectivity index (χ2n) is 7.24. The van der Waals surface area contributed by atoms with Gasteiger partial charge in [0.2, 0.25) is 11.7 Å². The summed E-state index contributed by atoms with van der Waals surface area (Å²) < 4.78 is 21.3. The summed E-state index contributed by atoms with van der Waals surface area (Å²) >= 11 is 0. The normalized spacial score (nSPS) is 16.7. The smallest absolute Gasteiger partial charge is 0.410 e. The molecule has 0 aromatic heterocycles. The van der Waals surface area contributed by atoms with E-state index in [1.807, 2.05) is 0 Å². The first kappa shape index (κ1) is 20.7. The zero-order chi connectivity index (χ0) is 20.2. The zero-order valence-electron chi connectivity index (χ0n) is 16.8. The predicted octanol–water partition coefficient (Wildman–Crippen LogP) is 3.05. The largest absolute Gasteiger partial charge is 0.493 e. The number of nitrogens with one attached hydrogen (secondary N) is 1. The SMILES string of the molecule is COc1cc(NC(=O)C2CCCN2C(=O)OC(C)(C)C)cc(OC)c1OC. The zero-order valence-corrected chi connectivity index (χ0v) is 16.8. The lowest BCUT2D eigenvalue weighted by Crippen LogP contribution is -2.45. The molecular formula is C19H28N2O6. The van der Waals surface area contributed by atoms with Crippen LogP contribution in [0.4, 0.5) is 10.5 Å². The highest BCUT2D eigenvalue weighted by molar-refractivity contribution is 5.97. The van der Waals surface area contributed by atoms with Crippen molar-refractivity contribution in [2.24, 2.45) is 0 Å². The minimum atomic E-state index is -0.614. The Morgan fingerprint density at radius 1 is 1.07 bits per heavy atom. The van der Waals surface area contributed by atoms with E-state index in [-0.39, 0.29) is 5.91 Å². The fourth-order valence-electron chi connectivity index (χ4n) is 2.96. The first-order chi connectivity index (χ1) is 12.7. The third kappa shape index (κ3) is 4.96. The maximum absolute atomic E-state index is 12.8. The van der Waals surface area contributed by atoms with Gasteiger partial charge in [-0.1, -0.05) is 0 Å². The summed E-state index contributed by atoms with van der Waals surface area (Å²) in [5.41, 5.74) is -0.122. The number of carbonyl (C=O) groups excluding carboxylic acids is 2. The maximum Gasteiger partial charge on any atom is 0.410 e. The molecule has 0 saturated carbocycles. The van der Waals surface area contributed by atoms with Crippen LogP contribution in [0, 0.1) is 0 Å². The van der Waals surface area contributed by atoms with Crippen LogP contribution in [0.5, 0.6) is 17.2 Å². The summed E-state index contributed by atoms with van der Waals surface area (Å²) in [6.07, 6.45) is 0.840. The number of nitrogens with zero attached hydrogens (tertiary/aromatic N) is 1. The van der Waals surface area contributed by atoms with E-state index in [1.54, 1.807) is 32.9 Å². The van der Waals surface area contributed by atoms with E-state index in [0.29, 0.717) is 35.9 Å². The van der Waals surface area contributed by atoms with Crippen LogP contribution < -0.4 is 19.5 Å². The minimum Gasteiger partial charge on any atom is -0.493 e. The molecule has 27 heavy (non-hydrogen) atoms. The number of hydrogen-bond acceptors (Lipinski definition) is 6. The highest BCUT2D eigenvalue weighted by Gasteiger charge is 2.36. The van der Waals surface area contributed by atoms with E-state index in [9.17, 15) is 9.59 Å². The number of amides is 2. The third-order valence-electron chi connectivity index (χ3n) is 4.12. The molecule has 1 heterocycles. The standard InChI is InChI=1S/C19H28N2O6/c1-19(2,3)27-18(23)21-9-7-8-13(21)17(22)20-12-10-14(24-4)16(26-6)15(11-12)25-5/h10-11,13H,7-9H2,1-6H3,(H,20,22). The molecule has 0 radical (unpaired) electrons. The number of anilines is 1. The number of benzene rings is 1. The Kier molecular flexibility index (Phi) is 6.41. The monoisotopic (exact) mass is 380 g/mol. The molecule has 1 aliphatic rings. The molecule has 1 aliphatic heterocycles. The van der Waals surface area contributed by atoms with Crippen molar-refractivity contribution in [3.05, 3.63) is 12.1 Å². The van der Waals surface area contributed by atoms with E-state index >= 15 is 0 Å². The quantitative estimate of drug-likeness (QED) is 0.845. The third-order valence-corrected chi connectivity index (χ3v) is 4.12. The Morgan fingerprint density at radius 3 is 2.15 bits per heavy atom. The number of carbonyl (C=O) groups is 2. The molecule has 1 aromatic carbocycles. The van der Waals surface area contributed by atoms with Crippen molar-refractivity contribution in [2.45, 2.75) is 45.3 Å². The molecule has 2 amide bonds. The summed E-state index contributed by atoms with van der Waals surface area (Å²) in [5.74, 6) is 1.02. The highest BCUT2D eigenvalue weighted by atomic mass is 16.6. The predicted molar refractivity (Wildman–Crippen MR) is 101 cm³/mol. The number of hydrogen-bond donors (Lipinski definition) is 1. The second kappa shape index (κ2) is 8.37. The summed E-state index contributed by atoms with van der Waals surface area (Å²) in [7, 11) is 4.52. The van der Waals surface area contributed by atoms with Crippen LogP contribution in [0.15, 0.2) is 12.1 Å². The maximum atomic E-state index is 12.8. The summed E-state index contributed by atoms with van der Waals surface area (Å²) in [6, 6.07) is 2.71. The van der Waals surface area contributed by atoms with Gasteiger partial charge in [0.25, 0.3) is 0 Å². The highest BCUT2D eigenvalue weighted by Crippen LogP contribution is 2.40. The van der Waals surface area contributed by atoms with E-state index in [2.05, 4.69) is 5.32 Å². The van der Waals surface area contributed by atoms with Crippen LogP contribution in [0.2, 0.25) is 0 Å². The summed E-state index contributed by atoms with van der Waals surface area (Å²) in [4.78, 5) is 26.6. The van der Waals surface area contributed by atoms with Crippen LogP contribution in [0.1, 0.15) is 33.6 Å².